The zero-order valence-corrected chi connectivity index (χ0v) is 17.6. The molecule has 1 N–H and O–H groups in total. The van der Waals surface area contributed by atoms with Crippen LogP contribution in [0.5, 0.6) is 0 Å². The van der Waals surface area contributed by atoms with Crippen molar-refractivity contribution in [2.24, 2.45) is 0 Å². The van der Waals surface area contributed by atoms with Crippen molar-refractivity contribution in [2.75, 3.05) is 13.2 Å². The van der Waals surface area contributed by atoms with E-state index in [0.29, 0.717) is 0 Å². The van der Waals surface area contributed by atoms with Crippen LogP contribution in [-0.4, -0.2) is 38.8 Å². The van der Waals surface area contributed by atoms with Gasteiger partial charge in [-0.25, -0.2) is 4.98 Å². The first-order valence-electron chi connectivity index (χ1n) is 10.1. The lowest BCUT2D eigenvalue weighted by Crippen LogP contribution is -2.35. The monoisotopic (exact) mass is 397 g/mol. The van der Waals surface area contributed by atoms with Crippen LogP contribution < -0.4 is 0 Å². The number of aliphatic hydroxyl groups excluding tert-OH is 1. The van der Waals surface area contributed by atoms with Gasteiger partial charge in [0.1, 0.15) is 5.82 Å². The molecule has 1 aliphatic heterocycles. The van der Waals surface area contributed by atoms with E-state index in [1.54, 1.807) is 0 Å². The van der Waals surface area contributed by atoms with Crippen molar-refractivity contribution in [3.8, 4) is 0 Å². The summed E-state index contributed by atoms with van der Waals surface area (Å²) < 4.78 is 2.34. The molecule has 148 valence electrons. The number of halogens is 1. The van der Waals surface area contributed by atoms with Crippen molar-refractivity contribution in [3.05, 3.63) is 63.9 Å². The topological polar surface area (TPSA) is 41.3 Å². The largest absolute Gasteiger partial charge is 0.395 e. The van der Waals surface area contributed by atoms with Crippen molar-refractivity contribution >= 4 is 22.6 Å². The molecule has 4 nitrogen and oxygen atoms in total. The summed E-state index contributed by atoms with van der Waals surface area (Å²) >= 11 is 6.08. The average Bonchev–Trinajstić information content (AvgIpc) is 3.29. The third-order valence-corrected chi connectivity index (χ3v) is 6.40. The second-order valence-corrected chi connectivity index (χ2v) is 8.44. The zero-order valence-electron chi connectivity index (χ0n) is 16.8. The molecule has 2 atom stereocenters. The highest BCUT2D eigenvalue weighted by atomic mass is 35.5. The number of aryl methyl sites for hydroxylation is 2. The Bertz CT molecular complexity index is 980. The van der Waals surface area contributed by atoms with Crippen LogP contribution in [0.4, 0.5) is 0 Å². The Balaban J connectivity index is 1.81. The van der Waals surface area contributed by atoms with E-state index in [0.717, 1.165) is 42.3 Å². The minimum Gasteiger partial charge on any atom is -0.395 e. The molecule has 1 saturated heterocycles. The van der Waals surface area contributed by atoms with Crippen LogP contribution in [0.1, 0.15) is 48.3 Å². The fraction of sp³-hybridized carbons (Fsp3) is 0.435. The number of aliphatic hydroxyl groups is 1. The first kappa shape index (κ1) is 19.4. The molecule has 0 amide bonds. The maximum atomic E-state index is 9.79. The highest BCUT2D eigenvalue weighted by Crippen LogP contribution is 2.32. The van der Waals surface area contributed by atoms with E-state index >= 15 is 0 Å². The Morgan fingerprint density at radius 1 is 1.18 bits per heavy atom. The normalized spacial score (nSPS) is 18.8. The number of nitrogens with zero attached hydrogens (tertiary/aromatic N) is 3. The van der Waals surface area contributed by atoms with E-state index < -0.39 is 0 Å². The SMILES string of the molecule is Cc1cc2nc([C@H](C)N3CCC[C@H]3CO)n(Cc3ccc(Cl)cc3)c2cc1C. The number of rotatable bonds is 5. The van der Waals surface area contributed by atoms with Crippen LogP contribution in [0.2, 0.25) is 5.02 Å². The summed E-state index contributed by atoms with van der Waals surface area (Å²) in [5, 5.41) is 10.5. The summed E-state index contributed by atoms with van der Waals surface area (Å²) in [6.45, 7) is 8.48. The van der Waals surface area contributed by atoms with E-state index in [-0.39, 0.29) is 18.7 Å². The van der Waals surface area contributed by atoms with Crippen LogP contribution in [0, 0.1) is 13.8 Å². The molecule has 0 saturated carbocycles. The molecule has 28 heavy (non-hydrogen) atoms. The van der Waals surface area contributed by atoms with Gasteiger partial charge in [-0.2, -0.15) is 0 Å². The Morgan fingerprint density at radius 2 is 1.89 bits per heavy atom. The summed E-state index contributed by atoms with van der Waals surface area (Å²) in [6, 6.07) is 12.9. The molecule has 0 bridgehead atoms. The Labute approximate surface area is 171 Å². The van der Waals surface area contributed by atoms with Gasteiger partial charge in [-0.1, -0.05) is 23.7 Å². The van der Waals surface area contributed by atoms with E-state index in [1.807, 2.05) is 12.1 Å². The lowest BCUT2D eigenvalue weighted by molar-refractivity contribution is 0.121. The van der Waals surface area contributed by atoms with Gasteiger partial charge < -0.3 is 9.67 Å². The van der Waals surface area contributed by atoms with E-state index in [2.05, 4.69) is 54.5 Å². The van der Waals surface area contributed by atoms with Gasteiger partial charge in [0.15, 0.2) is 0 Å². The standard InChI is InChI=1S/C23H28ClN3O/c1-15-11-21-22(12-16(15)2)27(13-18-6-8-19(24)9-7-18)23(25-21)17(3)26-10-4-5-20(26)14-28/h6-9,11-12,17,20,28H,4-5,10,13-14H2,1-3H3/t17-,20-/m0/s1. The number of aromatic nitrogens is 2. The molecule has 0 unspecified atom stereocenters. The molecule has 2 aromatic carbocycles. The maximum absolute atomic E-state index is 9.79. The number of hydrogen-bond acceptors (Lipinski definition) is 3. The van der Waals surface area contributed by atoms with Crippen molar-refractivity contribution in [1.82, 2.24) is 14.5 Å². The van der Waals surface area contributed by atoms with Crippen LogP contribution in [0.3, 0.4) is 0 Å². The second-order valence-electron chi connectivity index (χ2n) is 8.00. The van der Waals surface area contributed by atoms with E-state index in [4.69, 9.17) is 16.6 Å². The first-order valence-corrected chi connectivity index (χ1v) is 10.4. The van der Waals surface area contributed by atoms with Gasteiger partial charge in [0.25, 0.3) is 0 Å². The summed E-state index contributed by atoms with van der Waals surface area (Å²) in [5.74, 6) is 1.07. The third kappa shape index (κ3) is 3.57. The molecule has 1 aliphatic rings. The summed E-state index contributed by atoms with van der Waals surface area (Å²) in [4.78, 5) is 7.46. The number of hydrogen-bond donors (Lipinski definition) is 1. The van der Waals surface area contributed by atoms with Gasteiger partial charge in [0, 0.05) is 17.6 Å². The van der Waals surface area contributed by atoms with Crippen LogP contribution in [-0.2, 0) is 6.54 Å². The van der Waals surface area contributed by atoms with Crippen molar-refractivity contribution in [1.29, 1.82) is 0 Å². The van der Waals surface area contributed by atoms with Crippen LogP contribution in [0.25, 0.3) is 11.0 Å². The molecule has 5 heteroatoms. The molecule has 2 heterocycles. The van der Waals surface area contributed by atoms with Crippen molar-refractivity contribution in [3.63, 3.8) is 0 Å². The van der Waals surface area contributed by atoms with Gasteiger partial charge in [0.05, 0.1) is 23.7 Å². The van der Waals surface area contributed by atoms with Crippen molar-refractivity contribution in [2.45, 2.75) is 52.2 Å². The lowest BCUT2D eigenvalue weighted by Gasteiger charge is -2.29. The summed E-state index contributed by atoms with van der Waals surface area (Å²) in [7, 11) is 0. The predicted molar refractivity (Wildman–Crippen MR) is 115 cm³/mol. The van der Waals surface area contributed by atoms with Gasteiger partial charge in [-0.3, -0.25) is 4.90 Å². The van der Waals surface area contributed by atoms with E-state index in [9.17, 15) is 5.11 Å². The minimum atomic E-state index is 0.153. The molecular formula is C23H28ClN3O. The predicted octanol–water partition coefficient (Wildman–Crippen LogP) is 4.87. The molecular weight excluding hydrogens is 370 g/mol. The van der Waals surface area contributed by atoms with Gasteiger partial charge in [0.2, 0.25) is 0 Å². The fourth-order valence-corrected chi connectivity index (χ4v) is 4.49. The molecule has 0 radical (unpaired) electrons. The molecule has 3 aromatic rings. The van der Waals surface area contributed by atoms with E-state index in [1.165, 1.54) is 22.2 Å². The van der Waals surface area contributed by atoms with Gasteiger partial charge >= 0.3 is 0 Å². The number of likely N-dealkylation sites (tertiary alicyclic amines) is 1. The zero-order chi connectivity index (χ0) is 19.8. The first-order chi connectivity index (χ1) is 13.5. The Hall–Kier alpha value is -1.88. The quantitative estimate of drug-likeness (QED) is 0.667. The molecule has 0 aliphatic carbocycles. The number of fused-ring (bicyclic) bond motifs is 1. The van der Waals surface area contributed by atoms with Crippen molar-refractivity contribution < 1.29 is 5.11 Å². The second kappa shape index (κ2) is 7.86. The minimum absolute atomic E-state index is 0.153. The van der Waals surface area contributed by atoms with Gasteiger partial charge in [-0.05, 0) is 81.1 Å². The van der Waals surface area contributed by atoms with Crippen LogP contribution >= 0.6 is 11.6 Å². The number of imidazole rings is 1. The molecule has 0 spiro atoms. The summed E-state index contributed by atoms with van der Waals surface area (Å²) in [6.07, 6.45) is 2.18. The Morgan fingerprint density at radius 3 is 2.61 bits per heavy atom. The molecule has 1 aromatic heterocycles. The highest BCUT2D eigenvalue weighted by molar-refractivity contribution is 6.30. The molecule has 4 rings (SSSR count). The van der Waals surface area contributed by atoms with Gasteiger partial charge in [-0.15, -0.1) is 0 Å². The smallest absolute Gasteiger partial charge is 0.127 e. The fourth-order valence-electron chi connectivity index (χ4n) is 4.37. The highest BCUT2D eigenvalue weighted by Gasteiger charge is 2.31. The summed E-state index contributed by atoms with van der Waals surface area (Å²) in [5.41, 5.74) is 5.95. The Kier molecular flexibility index (Phi) is 5.46. The van der Waals surface area contributed by atoms with Crippen LogP contribution in [0.15, 0.2) is 36.4 Å². The lowest BCUT2D eigenvalue weighted by atomic mass is 10.1. The maximum Gasteiger partial charge on any atom is 0.127 e. The average molecular weight is 398 g/mol. The third-order valence-electron chi connectivity index (χ3n) is 6.15. The number of benzene rings is 2. The molecule has 1 fully saturated rings.